The van der Waals surface area contributed by atoms with Crippen LogP contribution in [0.25, 0.3) is 0 Å². The molecule has 2 aromatic rings. The van der Waals surface area contributed by atoms with Crippen LogP contribution in [0.5, 0.6) is 5.75 Å². The van der Waals surface area contributed by atoms with E-state index in [0.717, 1.165) is 31.8 Å². The van der Waals surface area contributed by atoms with E-state index < -0.39 is 10.0 Å². The molecule has 3 rings (SSSR count). The third-order valence-electron chi connectivity index (χ3n) is 5.28. The van der Waals surface area contributed by atoms with E-state index in [1.54, 1.807) is 12.0 Å². The van der Waals surface area contributed by atoms with Crippen LogP contribution in [0.4, 0.5) is 0 Å². The molecule has 2 aromatic carbocycles. The normalized spacial score (nSPS) is 15.2. The standard InChI is InChI=1S/C21H26ClN3O4S/c1-23-30(27,28)18-7-8-20(22)19(15-18)21(26)25-13-11-24(12-14-25)10-9-16-3-5-17(29-2)6-4-16/h3-8,15,23H,9-14H2,1-2H3. The highest BCUT2D eigenvalue weighted by atomic mass is 35.5. The molecule has 1 aliphatic heterocycles. The van der Waals surface area contributed by atoms with Crippen molar-refractivity contribution < 1.29 is 17.9 Å². The Balaban J connectivity index is 1.58. The SMILES string of the molecule is CNS(=O)(=O)c1ccc(Cl)c(C(=O)N2CCN(CCc3ccc(OC)cc3)CC2)c1. The van der Waals surface area contributed by atoms with Gasteiger partial charge in [-0.3, -0.25) is 9.69 Å². The number of nitrogens with zero attached hydrogens (tertiary/aromatic N) is 2. The van der Waals surface area contributed by atoms with E-state index >= 15 is 0 Å². The smallest absolute Gasteiger partial charge is 0.255 e. The van der Waals surface area contributed by atoms with Crippen LogP contribution in [0.2, 0.25) is 5.02 Å². The molecule has 30 heavy (non-hydrogen) atoms. The first-order chi connectivity index (χ1) is 14.3. The highest BCUT2D eigenvalue weighted by Crippen LogP contribution is 2.23. The largest absolute Gasteiger partial charge is 0.497 e. The maximum atomic E-state index is 12.9. The Morgan fingerprint density at radius 1 is 1.10 bits per heavy atom. The summed E-state index contributed by atoms with van der Waals surface area (Å²) in [5.41, 5.74) is 1.45. The maximum Gasteiger partial charge on any atom is 0.255 e. The van der Waals surface area contributed by atoms with Gasteiger partial charge in [-0.25, -0.2) is 13.1 Å². The Morgan fingerprint density at radius 2 is 1.77 bits per heavy atom. The predicted molar refractivity (Wildman–Crippen MR) is 117 cm³/mol. The number of amides is 1. The molecule has 9 heteroatoms. The lowest BCUT2D eigenvalue weighted by molar-refractivity contribution is 0.0638. The number of ether oxygens (including phenoxy) is 1. The van der Waals surface area contributed by atoms with Gasteiger partial charge in [0.25, 0.3) is 5.91 Å². The van der Waals surface area contributed by atoms with Crippen LogP contribution < -0.4 is 9.46 Å². The molecule has 1 N–H and O–H groups in total. The van der Waals surface area contributed by atoms with E-state index in [2.05, 4.69) is 21.8 Å². The van der Waals surface area contributed by atoms with E-state index in [1.165, 1.54) is 30.8 Å². The fraction of sp³-hybridized carbons (Fsp3) is 0.381. The number of sulfonamides is 1. The summed E-state index contributed by atoms with van der Waals surface area (Å²) in [5, 5.41) is 0.247. The minimum absolute atomic E-state index is 0.0240. The molecule has 1 heterocycles. The van der Waals surface area contributed by atoms with Crippen LogP contribution in [0.3, 0.4) is 0 Å². The van der Waals surface area contributed by atoms with Crippen LogP contribution >= 0.6 is 11.6 Å². The Kier molecular flexibility index (Phi) is 7.36. The lowest BCUT2D eigenvalue weighted by Gasteiger charge is -2.35. The molecule has 0 radical (unpaired) electrons. The van der Waals surface area contributed by atoms with Crippen LogP contribution in [-0.2, 0) is 16.4 Å². The van der Waals surface area contributed by atoms with Gasteiger partial charge in [-0.1, -0.05) is 23.7 Å². The van der Waals surface area contributed by atoms with Crippen LogP contribution in [0.1, 0.15) is 15.9 Å². The van der Waals surface area contributed by atoms with Crippen molar-refractivity contribution in [2.24, 2.45) is 0 Å². The molecule has 1 saturated heterocycles. The summed E-state index contributed by atoms with van der Waals surface area (Å²) in [7, 11) is -0.663. The van der Waals surface area contributed by atoms with Gasteiger partial charge < -0.3 is 9.64 Å². The predicted octanol–water partition coefficient (Wildman–Crippen LogP) is 2.26. The van der Waals surface area contributed by atoms with Gasteiger partial charge in [0.1, 0.15) is 5.75 Å². The number of methoxy groups -OCH3 is 1. The molecule has 0 aromatic heterocycles. The highest BCUT2D eigenvalue weighted by molar-refractivity contribution is 7.89. The van der Waals surface area contributed by atoms with Gasteiger partial charge in [-0.2, -0.15) is 0 Å². The molecular weight excluding hydrogens is 426 g/mol. The van der Waals surface area contributed by atoms with Crippen molar-refractivity contribution in [2.75, 3.05) is 46.9 Å². The van der Waals surface area contributed by atoms with E-state index in [0.29, 0.717) is 13.1 Å². The summed E-state index contributed by atoms with van der Waals surface area (Å²) in [6, 6.07) is 12.2. The molecular formula is C21H26ClN3O4S. The summed E-state index contributed by atoms with van der Waals surface area (Å²) in [6.07, 6.45) is 0.924. The van der Waals surface area contributed by atoms with Gasteiger partial charge >= 0.3 is 0 Å². The number of hydrogen-bond donors (Lipinski definition) is 1. The maximum absolute atomic E-state index is 12.9. The molecule has 1 aliphatic rings. The van der Waals surface area contributed by atoms with E-state index in [9.17, 15) is 13.2 Å². The molecule has 7 nitrogen and oxygen atoms in total. The second kappa shape index (κ2) is 9.78. The van der Waals surface area contributed by atoms with Gasteiger partial charge in [-0.15, -0.1) is 0 Å². The number of carbonyl (C=O) groups excluding carboxylic acids is 1. The molecule has 0 bridgehead atoms. The lowest BCUT2D eigenvalue weighted by atomic mass is 10.1. The first kappa shape index (κ1) is 22.6. The first-order valence-electron chi connectivity index (χ1n) is 9.71. The Bertz CT molecular complexity index is 988. The topological polar surface area (TPSA) is 79.0 Å². The van der Waals surface area contributed by atoms with Crippen molar-refractivity contribution in [3.63, 3.8) is 0 Å². The lowest BCUT2D eigenvalue weighted by Crippen LogP contribution is -2.49. The van der Waals surface area contributed by atoms with Gasteiger partial charge in [0.05, 0.1) is 22.6 Å². The van der Waals surface area contributed by atoms with Gasteiger partial charge in [0, 0.05) is 32.7 Å². The number of rotatable bonds is 7. The molecule has 1 amide bonds. The third kappa shape index (κ3) is 5.31. The monoisotopic (exact) mass is 451 g/mol. The number of piperazine rings is 1. The van der Waals surface area contributed by atoms with Crippen LogP contribution in [-0.4, -0.2) is 71.0 Å². The Labute approximate surface area is 182 Å². The van der Waals surface area contributed by atoms with Crippen molar-refractivity contribution in [3.8, 4) is 5.75 Å². The quantitative estimate of drug-likeness (QED) is 0.698. The summed E-state index contributed by atoms with van der Waals surface area (Å²) in [6.45, 7) is 3.56. The molecule has 0 saturated carbocycles. The zero-order chi connectivity index (χ0) is 21.7. The molecule has 0 unspecified atom stereocenters. The van der Waals surface area contributed by atoms with E-state index in [-0.39, 0.29) is 21.4 Å². The second-order valence-corrected chi connectivity index (χ2v) is 9.37. The number of benzene rings is 2. The second-order valence-electron chi connectivity index (χ2n) is 7.08. The van der Waals surface area contributed by atoms with E-state index in [1.807, 2.05) is 12.1 Å². The zero-order valence-corrected chi connectivity index (χ0v) is 18.7. The highest BCUT2D eigenvalue weighted by Gasteiger charge is 2.25. The summed E-state index contributed by atoms with van der Waals surface area (Å²) in [4.78, 5) is 17.0. The van der Waals surface area contributed by atoms with Crippen molar-refractivity contribution in [2.45, 2.75) is 11.3 Å². The Morgan fingerprint density at radius 3 is 2.37 bits per heavy atom. The van der Waals surface area contributed by atoms with Crippen LogP contribution in [0.15, 0.2) is 47.4 Å². The number of nitrogens with one attached hydrogen (secondary N) is 1. The van der Waals surface area contributed by atoms with Crippen LogP contribution in [0, 0.1) is 0 Å². The zero-order valence-electron chi connectivity index (χ0n) is 17.1. The van der Waals surface area contributed by atoms with Crippen molar-refractivity contribution in [1.82, 2.24) is 14.5 Å². The summed E-state index contributed by atoms with van der Waals surface area (Å²) in [5.74, 6) is 0.596. The minimum Gasteiger partial charge on any atom is -0.497 e. The molecule has 0 atom stereocenters. The average Bonchev–Trinajstić information content (AvgIpc) is 2.78. The molecule has 0 aliphatic carbocycles. The fourth-order valence-electron chi connectivity index (χ4n) is 3.38. The first-order valence-corrected chi connectivity index (χ1v) is 11.6. The fourth-order valence-corrected chi connectivity index (χ4v) is 4.33. The van der Waals surface area contributed by atoms with E-state index in [4.69, 9.17) is 16.3 Å². The number of hydrogen-bond acceptors (Lipinski definition) is 5. The van der Waals surface area contributed by atoms with Crippen molar-refractivity contribution in [1.29, 1.82) is 0 Å². The van der Waals surface area contributed by atoms with Gasteiger partial charge in [0.15, 0.2) is 0 Å². The van der Waals surface area contributed by atoms with Crippen molar-refractivity contribution >= 4 is 27.5 Å². The molecule has 162 valence electrons. The molecule has 0 spiro atoms. The number of carbonyl (C=O) groups is 1. The molecule has 1 fully saturated rings. The summed E-state index contributed by atoms with van der Waals surface area (Å²) >= 11 is 6.19. The Hall–Kier alpha value is -2.13. The minimum atomic E-state index is -3.64. The third-order valence-corrected chi connectivity index (χ3v) is 7.02. The number of halogens is 1. The van der Waals surface area contributed by atoms with Crippen molar-refractivity contribution in [3.05, 3.63) is 58.6 Å². The van der Waals surface area contributed by atoms with Gasteiger partial charge in [-0.05, 0) is 49.4 Å². The summed E-state index contributed by atoms with van der Waals surface area (Å²) < 4.78 is 31.5. The van der Waals surface area contributed by atoms with Gasteiger partial charge in [0.2, 0.25) is 10.0 Å². The average molecular weight is 452 g/mol.